The van der Waals surface area contributed by atoms with Gasteiger partial charge in [0.05, 0.1) is 0 Å². The lowest BCUT2D eigenvalue weighted by atomic mass is 10.1. The molecule has 5 nitrogen and oxygen atoms in total. The van der Waals surface area contributed by atoms with Gasteiger partial charge in [0.2, 0.25) is 0 Å². The fraction of sp³-hybridized carbons (Fsp3) is 0.143. The maximum Gasteiger partial charge on any atom is 0.165 e. The fourth-order valence-corrected chi connectivity index (χ4v) is 2.15. The molecule has 0 aliphatic carbocycles. The molecule has 0 bridgehead atoms. The van der Waals surface area contributed by atoms with Gasteiger partial charge in [0.15, 0.2) is 5.65 Å². The van der Waals surface area contributed by atoms with Crippen LogP contribution in [0, 0.1) is 0 Å². The first-order valence-electron chi connectivity index (χ1n) is 6.07. The van der Waals surface area contributed by atoms with E-state index in [0.717, 1.165) is 22.6 Å². The number of phenols is 1. The Balaban J connectivity index is 2.02. The molecule has 1 aromatic carbocycles. The van der Waals surface area contributed by atoms with E-state index in [0.29, 0.717) is 13.0 Å². The fourth-order valence-electron chi connectivity index (χ4n) is 2.15. The molecule has 3 rings (SSSR count). The van der Waals surface area contributed by atoms with Crippen LogP contribution < -0.4 is 5.73 Å². The number of aromatic nitrogens is 3. The number of fused-ring (bicyclic) bond motifs is 1. The first-order chi connectivity index (χ1) is 9.28. The second-order valence-electron chi connectivity index (χ2n) is 4.39. The zero-order valence-corrected chi connectivity index (χ0v) is 10.3. The van der Waals surface area contributed by atoms with E-state index >= 15 is 0 Å². The molecule has 0 aliphatic heterocycles. The zero-order chi connectivity index (χ0) is 13.2. The van der Waals surface area contributed by atoms with E-state index in [2.05, 4.69) is 10.2 Å². The third kappa shape index (κ3) is 2.15. The summed E-state index contributed by atoms with van der Waals surface area (Å²) in [5.74, 6) is 1.09. The number of nitrogens with zero attached hydrogens (tertiary/aromatic N) is 3. The summed E-state index contributed by atoms with van der Waals surface area (Å²) in [6.07, 6.45) is 2.54. The summed E-state index contributed by atoms with van der Waals surface area (Å²) in [5, 5.41) is 17.9. The molecule has 3 aromatic rings. The number of aromatic hydroxyl groups is 1. The summed E-state index contributed by atoms with van der Waals surface area (Å²) in [4.78, 5) is 0. The molecule has 0 aliphatic rings. The number of phenolic OH excluding ortho intramolecular Hbond substituents is 1. The van der Waals surface area contributed by atoms with Gasteiger partial charge in [0.1, 0.15) is 11.6 Å². The molecule has 0 atom stereocenters. The van der Waals surface area contributed by atoms with E-state index in [1.807, 2.05) is 34.9 Å². The summed E-state index contributed by atoms with van der Waals surface area (Å²) < 4.78 is 1.94. The van der Waals surface area contributed by atoms with Gasteiger partial charge in [-0.1, -0.05) is 18.2 Å². The number of rotatable bonds is 3. The Morgan fingerprint density at radius 1 is 1.16 bits per heavy atom. The van der Waals surface area contributed by atoms with E-state index in [9.17, 15) is 5.11 Å². The van der Waals surface area contributed by atoms with Gasteiger partial charge in [-0.2, -0.15) is 0 Å². The van der Waals surface area contributed by atoms with E-state index < -0.39 is 0 Å². The quantitative estimate of drug-likeness (QED) is 0.742. The first-order valence-corrected chi connectivity index (χ1v) is 6.07. The molecular weight excluding hydrogens is 240 g/mol. The number of pyridine rings is 1. The second kappa shape index (κ2) is 4.70. The molecule has 3 N–H and O–H groups in total. The highest BCUT2D eigenvalue weighted by Gasteiger charge is 2.09. The predicted molar refractivity (Wildman–Crippen MR) is 71.8 cm³/mol. The summed E-state index contributed by atoms with van der Waals surface area (Å²) in [6.45, 7) is 0.439. The number of hydrogen-bond donors (Lipinski definition) is 2. The molecular formula is C14H14N4O. The van der Waals surface area contributed by atoms with Crippen molar-refractivity contribution in [3.8, 4) is 5.75 Å². The predicted octanol–water partition coefficient (Wildman–Crippen LogP) is 1.48. The van der Waals surface area contributed by atoms with Crippen LogP contribution in [0.1, 0.15) is 17.0 Å². The smallest absolute Gasteiger partial charge is 0.165 e. The molecule has 0 spiro atoms. The molecule has 0 unspecified atom stereocenters. The van der Waals surface area contributed by atoms with Gasteiger partial charge in [-0.25, -0.2) is 0 Å². The molecule has 0 amide bonds. The lowest BCUT2D eigenvalue weighted by Gasteiger charge is -2.03. The van der Waals surface area contributed by atoms with E-state index in [1.54, 1.807) is 12.1 Å². The van der Waals surface area contributed by atoms with Gasteiger partial charge in [-0.05, 0) is 23.8 Å². The summed E-state index contributed by atoms with van der Waals surface area (Å²) in [6, 6.07) is 11.0. The summed E-state index contributed by atoms with van der Waals surface area (Å²) in [7, 11) is 0. The van der Waals surface area contributed by atoms with Crippen LogP contribution in [-0.2, 0) is 13.0 Å². The minimum atomic E-state index is 0.258. The number of hydrogen-bond acceptors (Lipinski definition) is 4. The van der Waals surface area contributed by atoms with Crippen LogP contribution in [0.5, 0.6) is 5.75 Å². The highest BCUT2D eigenvalue weighted by atomic mass is 16.3. The van der Waals surface area contributed by atoms with Gasteiger partial charge in [-0.15, -0.1) is 10.2 Å². The van der Waals surface area contributed by atoms with Crippen LogP contribution in [0.4, 0.5) is 0 Å². The highest BCUT2D eigenvalue weighted by molar-refractivity contribution is 5.47. The minimum absolute atomic E-state index is 0.258. The molecule has 5 heteroatoms. The molecule has 2 aromatic heterocycles. The Morgan fingerprint density at radius 2 is 2.05 bits per heavy atom. The van der Waals surface area contributed by atoms with Crippen LogP contribution in [0.15, 0.2) is 42.6 Å². The molecule has 2 heterocycles. The number of benzene rings is 1. The molecule has 19 heavy (non-hydrogen) atoms. The van der Waals surface area contributed by atoms with Crippen molar-refractivity contribution in [1.82, 2.24) is 14.6 Å². The average molecular weight is 254 g/mol. The Labute approximate surface area is 110 Å². The normalized spacial score (nSPS) is 11.0. The lowest BCUT2D eigenvalue weighted by Crippen LogP contribution is -2.01. The lowest BCUT2D eigenvalue weighted by molar-refractivity contribution is 0.474. The van der Waals surface area contributed by atoms with Crippen molar-refractivity contribution >= 4 is 5.65 Å². The molecule has 96 valence electrons. The Kier molecular flexibility index (Phi) is 2.89. The van der Waals surface area contributed by atoms with Crippen LogP contribution >= 0.6 is 0 Å². The monoisotopic (exact) mass is 254 g/mol. The standard InChI is InChI=1S/C14H14N4O/c15-9-11-4-2-6-18-13(16-17-14(11)18)8-10-3-1-5-12(19)7-10/h1-7,19H,8-9,15H2. The molecule has 0 fully saturated rings. The largest absolute Gasteiger partial charge is 0.508 e. The van der Waals surface area contributed by atoms with Crippen molar-refractivity contribution in [2.24, 2.45) is 5.73 Å². The van der Waals surface area contributed by atoms with Gasteiger partial charge in [0, 0.05) is 24.7 Å². The van der Waals surface area contributed by atoms with Crippen molar-refractivity contribution in [3.63, 3.8) is 0 Å². The third-order valence-corrected chi connectivity index (χ3v) is 3.08. The molecule has 0 saturated carbocycles. The second-order valence-corrected chi connectivity index (χ2v) is 4.39. The van der Waals surface area contributed by atoms with Crippen molar-refractivity contribution in [2.75, 3.05) is 0 Å². The van der Waals surface area contributed by atoms with Crippen LogP contribution in [0.2, 0.25) is 0 Å². The zero-order valence-electron chi connectivity index (χ0n) is 10.3. The van der Waals surface area contributed by atoms with E-state index in [-0.39, 0.29) is 5.75 Å². The van der Waals surface area contributed by atoms with Crippen LogP contribution in [0.3, 0.4) is 0 Å². The van der Waals surface area contributed by atoms with Crippen molar-refractivity contribution in [1.29, 1.82) is 0 Å². The Bertz CT molecular complexity index is 720. The van der Waals surface area contributed by atoms with E-state index in [1.165, 1.54) is 0 Å². The van der Waals surface area contributed by atoms with Gasteiger partial charge >= 0.3 is 0 Å². The van der Waals surface area contributed by atoms with Gasteiger partial charge in [-0.3, -0.25) is 4.40 Å². The van der Waals surface area contributed by atoms with Gasteiger partial charge < -0.3 is 10.8 Å². The summed E-state index contributed by atoms with van der Waals surface area (Å²) >= 11 is 0. The average Bonchev–Trinajstić information content (AvgIpc) is 2.82. The maximum absolute atomic E-state index is 9.48. The van der Waals surface area contributed by atoms with E-state index in [4.69, 9.17) is 5.73 Å². The summed E-state index contributed by atoms with van der Waals surface area (Å²) in [5.41, 5.74) is 8.44. The Hall–Kier alpha value is -2.40. The third-order valence-electron chi connectivity index (χ3n) is 3.08. The van der Waals surface area contributed by atoms with Gasteiger partial charge in [0.25, 0.3) is 0 Å². The first kappa shape index (κ1) is 11.7. The maximum atomic E-state index is 9.48. The van der Waals surface area contributed by atoms with Crippen LogP contribution in [-0.4, -0.2) is 19.7 Å². The molecule has 0 radical (unpaired) electrons. The van der Waals surface area contributed by atoms with Crippen molar-refractivity contribution < 1.29 is 5.11 Å². The Morgan fingerprint density at radius 3 is 2.84 bits per heavy atom. The SMILES string of the molecule is NCc1cccn2c(Cc3cccc(O)c3)nnc12. The minimum Gasteiger partial charge on any atom is -0.508 e. The highest BCUT2D eigenvalue weighted by Crippen LogP contribution is 2.16. The number of nitrogens with two attached hydrogens (primary N) is 1. The van der Waals surface area contributed by atoms with Crippen LogP contribution in [0.25, 0.3) is 5.65 Å². The van der Waals surface area contributed by atoms with Crippen molar-refractivity contribution in [2.45, 2.75) is 13.0 Å². The molecule has 0 saturated heterocycles. The topological polar surface area (TPSA) is 76.4 Å². The van der Waals surface area contributed by atoms with Crippen molar-refractivity contribution in [3.05, 3.63) is 59.5 Å².